The quantitative estimate of drug-likeness (QED) is 0.0798. The lowest BCUT2D eigenvalue weighted by Crippen LogP contribution is -2.25. The van der Waals surface area contributed by atoms with Crippen LogP contribution in [0.4, 0.5) is 26.3 Å². The molecule has 0 spiro atoms. The number of allylic oxidation sites excluding steroid dienone is 3. The van der Waals surface area contributed by atoms with E-state index in [0.29, 0.717) is 22.3 Å². The average molecular weight is 743 g/mol. The predicted octanol–water partition coefficient (Wildman–Crippen LogP) is 8.50. The van der Waals surface area contributed by atoms with E-state index in [-0.39, 0.29) is 79.0 Å². The Morgan fingerprint density at radius 1 is 0.518 bits per heavy atom. The molecule has 5 aromatic rings. The largest absolute Gasteiger partial charge is 0.523 e. The zero-order valence-corrected chi connectivity index (χ0v) is 28.3. The van der Waals surface area contributed by atoms with Crippen molar-refractivity contribution in [1.29, 1.82) is 21.0 Å². The second-order valence-electron chi connectivity index (χ2n) is 12.5. The van der Waals surface area contributed by atoms with Crippen LogP contribution in [-0.4, -0.2) is 0 Å². The molecular weight excluding hydrogens is 727 g/mol. The van der Waals surface area contributed by atoms with Crippen molar-refractivity contribution in [3.05, 3.63) is 197 Å². The molecule has 0 atom stereocenters. The fourth-order valence-electron chi connectivity index (χ4n) is 7.41. The van der Waals surface area contributed by atoms with Gasteiger partial charge in [-0.05, 0) is 127 Å². The van der Waals surface area contributed by atoms with Gasteiger partial charge in [-0.2, -0.15) is 30.7 Å². The topological polar surface area (TPSA) is 104 Å². The monoisotopic (exact) mass is 742 g/mol. The van der Waals surface area contributed by atoms with E-state index in [2.05, 4.69) is 9.69 Å². The maximum atomic E-state index is 15.1. The molecule has 5 aromatic carbocycles. The van der Waals surface area contributed by atoms with Crippen LogP contribution in [-0.2, 0) is 12.8 Å². The number of rotatable bonds is 4. The van der Waals surface area contributed by atoms with E-state index >= 15 is 17.6 Å². The number of nitriles is 4. The van der Waals surface area contributed by atoms with Crippen LogP contribution in [0.25, 0.3) is 43.1 Å². The van der Waals surface area contributed by atoms with Gasteiger partial charge in [-0.25, -0.2) is 26.3 Å². The van der Waals surface area contributed by atoms with Crippen LogP contribution in [0.3, 0.4) is 0 Å². The first kappa shape index (κ1) is 36.2. The summed E-state index contributed by atoms with van der Waals surface area (Å²) in [4.78, 5) is 6.81. The molecule has 7 rings (SSSR count). The molecule has 0 bridgehead atoms. The molecule has 0 amide bonds. The van der Waals surface area contributed by atoms with E-state index < -0.39 is 46.3 Å². The predicted molar refractivity (Wildman–Crippen MR) is 190 cm³/mol. The summed E-state index contributed by atoms with van der Waals surface area (Å²) in [5.74, 6) is -10.3. The van der Waals surface area contributed by atoms with E-state index in [9.17, 15) is 29.8 Å². The summed E-state index contributed by atoms with van der Waals surface area (Å²) in [7, 11) is 0. The van der Waals surface area contributed by atoms with Gasteiger partial charge in [0.25, 0.3) is 0 Å². The van der Waals surface area contributed by atoms with Gasteiger partial charge < -0.3 is 0 Å². The van der Waals surface area contributed by atoms with Crippen LogP contribution in [0.5, 0.6) is 0 Å². The Morgan fingerprint density at radius 2 is 0.875 bits per heavy atom. The minimum absolute atomic E-state index is 0.00284. The first-order valence-corrected chi connectivity index (χ1v) is 16.3. The van der Waals surface area contributed by atoms with Crippen molar-refractivity contribution < 1.29 is 26.3 Å². The first-order chi connectivity index (χ1) is 27.0. The van der Waals surface area contributed by atoms with Crippen molar-refractivity contribution in [3.8, 4) is 46.5 Å². The normalized spacial score (nSPS) is 12.4. The molecule has 2 aliphatic carbocycles. The zero-order valence-electron chi connectivity index (χ0n) is 28.3. The van der Waals surface area contributed by atoms with Gasteiger partial charge >= 0.3 is 5.82 Å². The molecule has 6 nitrogen and oxygen atoms in total. The molecule has 0 saturated heterocycles. The molecule has 2 aliphatic rings. The molecule has 264 valence electrons. The summed E-state index contributed by atoms with van der Waals surface area (Å²) in [6, 6.07) is 22.7. The first-order valence-electron chi connectivity index (χ1n) is 16.3. The third-order valence-electron chi connectivity index (χ3n) is 9.68. The highest BCUT2D eigenvalue weighted by Gasteiger charge is 2.37. The van der Waals surface area contributed by atoms with Crippen LogP contribution in [0.15, 0.2) is 95.3 Å². The van der Waals surface area contributed by atoms with Crippen molar-refractivity contribution in [2.24, 2.45) is 0 Å². The van der Waals surface area contributed by atoms with E-state index in [4.69, 9.17) is 13.1 Å². The summed E-state index contributed by atoms with van der Waals surface area (Å²) in [6.07, 6.45) is -0.538. The van der Waals surface area contributed by atoms with Gasteiger partial charge in [0.15, 0.2) is 34.9 Å². The molecule has 0 aromatic heterocycles. The second kappa shape index (κ2) is 14.0. The van der Waals surface area contributed by atoms with Crippen molar-refractivity contribution >= 4 is 11.1 Å². The Balaban J connectivity index is 1.87. The van der Waals surface area contributed by atoms with E-state index in [1.54, 1.807) is 24.3 Å². The Hall–Kier alpha value is -8.16. The van der Waals surface area contributed by atoms with Gasteiger partial charge in [-0.3, -0.25) is 0 Å². The number of nitrogens with zero attached hydrogens (tertiary/aromatic N) is 6. The lowest BCUT2D eigenvalue weighted by Gasteiger charge is -2.17. The summed E-state index contributed by atoms with van der Waals surface area (Å²) in [5, 5.41) is 40.0. The smallest absolute Gasteiger partial charge is 0.204 e. The molecule has 0 aliphatic heterocycles. The highest BCUT2D eigenvalue weighted by atomic mass is 19.2. The second-order valence-corrected chi connectivity index (χ2v) is 12.5. The molecule has 12 heteroatoms. The van der Waals surface area contributed by atoms with Crippen molar-refractivity contribution in [2.45, 2.75) is 12.8 Å². The lowest BCUT2D eigenvalue weighted by molar-refractivity contribution is 0.446. The van der Waals surface area contributed by atoms with Gasteiger partial charge in [-0.1, -0.05) is 24.3 Å². The van der Waals surface area contributed by atoms with Crippen LogP contribution >= 0.6 is 0 Å². The Morgan fingerprint density at radius 3 is 1.21 bits per heavy atom. The molecule has 0 radical (unpaired) electrons. The summed E-state index contributed by atoms with van der Waals surface area (Å²) in [5.41, 5.74) is 1.40. The summed E-state index contributed by atoms with van der Waals surface area (Å²) < 4.78 is 89.2. The highest BCUT2D eigenvalue weighted by Crippen LogP contribution is 2.43. The lowest BCUT2D eigenvalue weighted by atomic mass is 9.85. The van der Waals surface area contributed by atoms with Crippen LogP contribution in [0, 0.1) is 93.4 Å². The van der Waals surface area contributed by atoms with E-state index in [0.717, 1.165) is 24.3 Å². The van der Waals surface area contributed by atoms with Gasteiger partial charge in [0.2, 0.25) is 0 Å². The van der Waals surface area contributed by atoms with Crippen LogP contribution in [0.1, 0.15) is 33.4 Å². The minimum atomic E-state index is -1.77. The standard InChI is InChI=1S/C44H16F6N6/c1-55-44(56-2)31-16-30-37(24-9-5-22(18-52)6-10-24)40-29(15-28(27(19-53)20-54)38(40)25-11-32(45)42(49)33(46)12-25)36(23-7-3-21(17-51)4-8-23)41(30)39(31)26-13-34(47)43(50)35(48)14-26/h3-14H,15-16H2. The summed E-state index contributed by atoms with van der Waals surface area (Å²) >= 11 is 0. The Bertz CT molecular complexity index is 2790. The molecule has 0 saturated carbocycles. The van der Waals surface area contributed by atoms with E-state index in [1.165, 1.54) is 24.3 Å². The van der Waals surface area contributed by atoms with Crippen LogP contribution in [0.2, 0.25) is 0 Å². The SMILES string of the molecule is [C-]#[N+]C([N+]#[C-])=C1Cc2c(-c3ccc(C#N)cc3)c3c(c(-c4ccc(C#N)cc4)c2=C1c1cc(F)c(F)c(F)c1)CC(=C(C#N)C#N)C=3c1cc(F)c(F)c(F)c1. The van der Waals surface area contributed by atoms with Gasteiger partial charge in [0.1, 0.15) is 30.9 Å². The van der Waals surface area contributed by atoms with Gasteiger partial charge in [0.05, 0.1) is 28.8 Å². The molecule has 0 N–H and O–H groups in total. The van der Waals surface area contributed by atoms with Crippen molar-refractivity contribution in [1.82, 2.24) is 0 Å². The highest BCUT2D eigenvalue weighted by molar-refractivity contribution is 5.98. The molecule has 56 heavy (non-hydrogen) atoms. The third kappa shape index (κ3) is 5.64. The molecule has 0 unspecified atom stereocenters. The Kier molecular flexibility index (Phi) is 9.05. The Labute approximate surface area is 314 Å². The number of benzene rings is 5. The maximum absolute atomic E-state index is 15.1. The van der Waals surface area contributed by atoms with Crippen molar-refractivity contribution in [2.75, 3.05) is 0 Å². The molecule has 0 heterocycles. The minimum Gasteiger partial charge on any atom is -0.204 e. The zero-order chi connectivity index (χ0) is 40.0. The fraction of sp³-hybridized carbons (Fsp3) is 0.0455. The molecule has 0 fully saturated rings. The number of hydrogen-bond donors (Lipinski definition) is 0. The molecular formula is C44H16F6N6. The van der Waals surface area contributed by atoms with E-state index in [1.807, 2.05) is 24.3 Å². The van der Waals surface area contributed by atoms with Gasteiger partial charge in [-0.15, -0.1) is 0 Å². The van der Waals surface area contributed by atoms with Crippen molar-refractivity contribution in [3.63, 3.8) is 0 Å². The average Bonchev–Trinajstić information content (AvgIpc) is 3.78. The number of halogens is 6. The number of fused-ring (bicyclic) bond motifs is 2. The summed E-state index contributed by atoms with van der Waals surface area (Å²) in [6.45, 7) is 15.8. The fourth-order valence-corrected chi connectivity index (χ4v) is 7.41. The third-order valence-corrected chi connectivity index (χ3v) is 9.68. The maximum Gasteiger partial charge on any atom is 0.523 e. The number of hydrogen-bond acceptors (Lipinski definition) is 4. The van der Waals surface area contributed by atoms with Gasteiger partial charge in [0, 0.05) is 6.42 Å². The van der Waals surface area contributed by atoms with Crippen LogP contribution < -0.4 is 10.4 Å².